The van der Waals surface area contributed by atoms with Crippen molar-refractivity contribution in [1.29, 1.82) is 0 Å². The van der Waals surface area contributed by atoms with E-state index in [2.05, 4.69) is 39.2 Å². The molecule has 9 heteroatoms. The van der Waals surface area contributed by atoms with Crippen molar-refractivity contribution < 1.29 is 13.9 Å². The smallest absolute Gasteiger partial charge is 0.174 e. The minimum atomic E-state index is -0.655. The second-order valence-electron chi connectivity index (χ2n) is 10.4. The molecule has 36 heavy (non-hydrogen) atoms. The molecule has 2 aliphatic rings. The van der Waals surface area contributed by atoms with Crippen LogP contribution in [0, 0.1) is 17.0 Å². The van der Waals surface area contributed by atoms with Gasteiger partial charge in [-0.3, -0.25) is 5.10 Å². The van der Waals surface area contributed by atoms with E-state index in [9.17, 15) is 13.9 Å². The fraction of sp³-hybridized carbons (Fsp3) is 0.370. The number of aliphatic hydroxyl groups excluding tert-OH is 1. The normalized spacial score (nSPS) is 22.6. The number of hydrogen-bond donors (Lipinski definition) is 2. The van der Waals surface area contributed by atoms with Crippen molar-refractivity contribution in [3.8, 4) is 22.8 Å². The molecular weight excluding hydrogens is 462 g/mol. The van der Waals surface area contributed by atoms with E-state index in [4.69, 9.17) is 4.98 Å². The summed E-state index contributed by atoms with van der Waals surface area (Å²) in [5.41, 5.74) is 2.63. The van der Waals surface area contributed by atoms with E-state index in [1.807, 2.05) is 18.2 Å². The lowest BCUT2D eigenvalue weighted by molar-refractivity contribution is 0.193. The first kappa shape index (κ1) is 22.8. The molecule has 0 amide bonds. The Balaban J connectivity index is 1.46. The average Bonchev–Trinajstić information content (AvgIpc) is 3.46. The summed E-state index contributed by atoms with van der Waals surface area (Å²) in [6.07, 6.45) is 1.57. The molecule has 1 saturated carbocycles. The fourth-order valence-corrected chi connectivity index (χ4v) is 6.33. The maximum atomic E-state index is 14.5. The van der Waals surface area contributed by atoms with Crippen LogP contribution in [0.5, 0.6) is 0 Å². The maximum Gasteiger partial charge on any atom is 0.174 e. The summed E-state index contributed by atoms with van der Waals surface area (Å²) < 4.78 is 29.0. The number of nitrogens with zero attached hydrogens (tertiary/aromatic N) is 5. The summed E-state index contributed by atoms with van der Waals surface area (Å²) in [6.45, 7) is 6.11. The van der Waals surface area contributed by atoms with E-state index in [1.54, 1.807) is 13.0 Å². The summed E-state index contributed by atoms with van der Waals surface area (Å²) in [5, 5.41) is 25.7. The molecule has 6 rings (SSSR count). The Kier molecular flexibility index (Phi) is 5.05. The number of benzene rings is 1. The van der Waals surface area contributed by atoms with Crippen LogP contribution >= 0.6 is 0 Å². The quantitative estimate of drug-likeness (QED) is 0.421. The minimum absolute atomic E-state index is 0.152. The zero-order valence-electron chi connectivity index (χ0n) is 20.3. The van der Waals surface area contributed by atoms with Crippen LogP contribution in [0.3, 0.4) is 0 Å². The van der Waals surface area contributed by atoms with E-state index in [-0.39, 0.29) is 22.6 Å². The number of fused-ring (bicyclic) bond motifs is 5. The Bertz CT molecular complexity index is 1460. The molecule has 7 nitrogen and oxygen atoms in total. The molecule has 3 atom stereocenters. The van der Waals surface area contributed by atoms with Crippen LogP contribution in [0.25, 0.3) is 22.8 Å². The lowest BCUT2D eigenvalue weighted by atomic mass is 9.66. The number of H-pyrrole nitrogens is 1. The first-order valence-electron chi connectivity index (χ1n) is 12.1. The highest BCUT2D eigenvalue weighted by molar-refractivity contribution is 5.64. The third-order valence-corrected chi connectivity index (χ3v) is 8.04. The summed E-state index contributed by atoms with van der Waals surface area (Å²) in [4.78, 5) is 9.51. The lowest BCUT2D eigenvalue weighted by Crippen LogP contribution is -2.37. The van der Waals surface area contributed by atoms with Crippen LogP contribution in [0.2, 0.25) is 0 Å². The number of aliphatic hydroxyl groups is 1. The standard InChI is InChI=1S/C27H26F2N6O/c1-14(36)12-22-31-25(35-33-22)19-8-5-9-21(30-19)27-11-10-16(26(27,2)3)15-13-20(32-34-24(15)27)23-17(28)6-4-7-18(23)29/h4-9,13-14,16,36H,10-12H2,1-3H3,(H,31,33,35)/t14-,16-,27-/m0/s1. The van der Waals surface area contributed by atoms with Gasteiger partial charge in [0.2, 0.25) is 0 Å². The lowest BCUT2D eigenvalue weighted by Gasteiger charge is -2.37. The van der Waals surface area contributed by atoms with E-state index in [0.29, 0.717) is 23.8 Å². The van der Waals surface area contributed by atoms with Gasteiger partial charge in [0.1, 0.15) is 17.3 Å². The summed E-state index contributed by atoms with van der Waals surface area (Å²) in [5.74, 6) is -0.0944. The SMILES string of the molecule is C[C@H](O)Cc1n[nH]c(-c2cccc([C@@]34CC[C@@H](c5cc(-c6c(F)cccc6F)nnc53)C4(C)C)n2)n1. The Hall–Kier alpha value is -3.59. The topological polar surface area (TPSA) is 100 Å². The molecule has 2 bridgehead atoms. The molecule has 3 heterocycles. The monoisotopic (exact) mass is 488 g/mol. The Morgan fingerprint density at radius 3 is 2.56 bits per heavy atom. The van der Waals surface area contributed by atoms with Gasteiger partial charge in [-0.2, -0.15) is 10.2 Å². The van der Waals surface area contributed by atoms with Gasteiger partial charge in [0.15, 0.2) is 11.6 Å². The highest BCUT2D eigenvalue weighted by Gasteiger charge is 2.65. The van der Waals surface area contributed by atoms with Gasteiger partial charge in [-0.25, -0.2) is 18.7 Å². The third kappa shape index (κ3) is 3.15. The van der Waals surface area contributed by atoms with E-state index >= 15 is 0 Å². The first-order chi connectivity index (χ1) is 17.2. The summed E-state index contributed by atoms with van der Waals surface area (Å²) in [6, 6.07) is 11.4. The van der Waals surface area contributed by atoms with Gasteiger partial charge in [0.05, 0.1) is 34.2 Å². The van der Waals surface area contributed by atoms with Crippen LogP contribution in [-0.2, 0) is 11.8 Å². The summed E-state index contributed by atoms with van der Waals surface area (Å²) in [7, 11) is 0. The molecular formula is C27H26F2N6O. The minimum Gasteiger partial charge on any atom is -0.393 e. The van der Waals surface area contributed by atoms with Crippen molar-refractivity contribution >= 4 is 0 Å². The molecule has 0 aliphatic heterocycles. The van der Waals surface area contributed by atoms with Crippen molar-refractivity contribution in [2.24, 2.45) is 5.41 Å². The van der Waals surface area contributed by atoms with Gasteiger partial charge in [0, 0.05) is 6.42 Å². The van der Waals surface area contributed by atoms with Crippen LogP contribution < -0.4 is 0 Å². The van der Waals surface area contributed by atoms with Gasteiger partial charge < -0.3 is 5.11 Å². The highest BCUT2D eigenvalue weighted by Crippen LogP contribution is 2.69. The number of hydrogen-bond acceptors (Lipinski definition) is 6. The van der Waals surface area contributed by atoms with E-state index in [0.717, 1.165) is 29.8 Å². The number of nitrogens with one attached hydrogen (secondary N) is 1. The van der Waals surface area contributed by atoms with Crippen molar-refractivity contribution in [2.45, 2.75) is 57.5 Å². The average molecular weight is 489 g/mol. The van der Waals surface area contributed by atoms with Crippen LogP contribution in [0.15, 0.2) is 42.5 Å². The molecule has 0 radical (unpaired) electrons. The number of halogens is 2. The molecule has 3 aromatic heterocycles. The number of rotatable bonds is 5. The highest BCUT2D eigenvalue weighted by atomic mass is 19.1. The van der Waals surface area contributed by atoms with Crippen molar-refractivity contribution in [3.05, 3.63) is 76.9 Å². The van der Waals surface area contributed by atoms with Gasteiger partial charge in [0.25, 0.3) is 0 Å². The van der Waals surface area contributed by atoms with Crippen LogP contribution in [-0.4, -0.2) is 41.6 Å². The van der Waals surface area contributed by atoms with Crippen LogP contribution in [0.4, 0.5) is 8.78 Å². The zero-order valence-corrected chi connectivity index (χ0v) is 20.3. The van der Waals surface area contributed by atoms with Crippen LogP contribution in [0.1, 0.15) is 62.3 Å². The van der Waals surface area contributed by atoms with E-state index in [1.165, 1.54) is 18.2 Å². The third-order valence-electron chi connectivity index (χ3n) is 8.04. The van der Waals surface area contributed by atoms with E-state index < -0.39 is 23.2 Å². The molecule has 184 valence electrons. The molecule has 1 fully saturated rings. The Morgan fingerprint density at radius 1 is 1.06 bits per heavy atom. The fourth-order valence-electron chi connectivity index (χ4n) is 6.33. The molecule has 1 aromatic carbocycles. The second-order valence-corrected chi connectivity index (χ2v) is 10.4. The second kappa shape index (κ2) is 7.96. The molecule has 0 unspecified atom stereocenters. The first-order valence-corrected chi connectivity index (χ1v) is 12.1. The van der Waals surface area contributed by atoms with Crippen molar-refractivity contribution in [2.75, 3.05) is 0 Å². The van der Waals surface area contributed by atoms with Crippen molar-refractivity contribution in [1.82, 2.24) is 30.4 Å². The Labute approximate surface area is 207 Å². The number of aromatic amines is 1. The van der Waals surface area contributed by atoms with Gasteiger partial charge in [-0.05, 0) is 67.0 Å². The molecule has 0 spiro atoms. The maximum absolute atomic E-state index is 14.5. The molecule has 2 N–H and O–H groups in total. The zero-order chi connectivity index (χ0) is 25.2. The molecule has 0 saturated heterocycles. The molecule has 4 aromatic rings. The number of pyridine rings is 1. The summed E-state index contributed by atoms with van der Waals surface area (Å²) >= 11 is 0. The number of aromatic nitrogens is 6. The predicted molar refractivity (Wildman–Crippen MR) is 129 cm³/mol. The van der Waals surface area contributed by atoms with Gasteiger partial charge in [-0.15, -0.1) is 5.10 Å². The van der Waals surface area contributed by atoms with Gasteiger partial charge >= 0.3 is 0 Å². The van der Waals surface area contributed by atoms with Crippen molar-refractivity contribution in [3.63, 3.8) is 0 Å². The van der Waals surface area contributed by atoms with Gasteiger partial charge in [-0.1, -0.05) is 26.0 Å². The Morgan fingerprint density at radius 2 is 1.81 bits per heavy atom. The largest absolute Gasteiger partial charge is 0.393 e. The molecule has 2 aliphatic carbocycles. The predicted octanol–water partition coefficient (Wildman–Crippen LogP) is 4.73.